The van der Waals surface area contributed by atoms with Crippen molar-refractivity contribution in [3.8, 4) is 0 Å². The normalized spacial score (nSPS) is 20.8. The van der Waals surface area contributed by atoms with Crippen LogP contribution in [0.3, 0.4) is 0 Å². The molecule has 1 saturated carbocycles. The molecule has 2 heteroatoms. The maximum absolute atomic E-state index is 4.67. The second-order valence-corrected chi connectivity index (χ2v) is 7.70. The summed E-state index contributed by atoms with van der Waals surface area (Å²) in [5.74, 6) is 1.49. The first kappa shape index (κ1) is 18.6. The van der Waals surface area contributed by atoms with Gasteiger partial charge in [0, 0.05) is 25.5 Å². The van der Waals surface area contributed by atoms with E-state index in [9.17, 15) is 0 Å². The Balaban J connectivity index is 1.37. The summed E-state index contributed by atoms with van der Waals surface area (Å²) in [7, 11) is 0. The van der Waals surface area contributed by atoms with E-state index in [1.807, 2.05) is 12.4 Å². The zero-order chi connectivity index (χ0) is 18.2. The van der Waals surface area contributed by atoms with Gasteiger partial charge in [-0.25, -0.2) is 0 Å². The van der Waals surface area contributed by atoms with Gasteiger partial charge in [0.1, 0.15) is 0 Å². The molecule has 1 fully saturated rings. The van der Waals surface area contributed by atoms with Gasteiger partial charge in [0.25, 0.3) is 0 Å². The molecular formula is C24H30N2. The van der Waals surface area contributed by atoms with Crippen LogP contribution in [-0.4, -0.2) is 25.5 Å². The molecule has 0 saturated heterocycles. The molecule has 0 spiro atoms. The molecule has 1 aliphatic rings. The minimum Gasteiger partial charge on any atom is -0.292 e. The van der Waals surface area contributed by atoms with Crippen molar-refractivity contribution in [3.63, 3.8) is 0 Å². The fourth-order valence-corrected chi connectivity index (χ4v) is 3.52. The average Bonchev–Trinajstić information content (AvgIpc) is 2.66. The van der Waals surface area contributed by atoms with E-state index >= 15 is 0 Å². The average molecular weight is 347 g/mol. The lowest BCUT2D eigenvalue weighted by Crippen LogP contribution is -2.18. The van der Waals surface area contributed by atoms with Crippen LogP contribution in [0, 0.1) is 25.7 Å². The van der Waals surface area contributed by atoms with Crippen molar-refractivity contribution in [1.29, 1.82) is 0 Å². The summed E-state index contributed by atoms with van der Waals surface area (Å²) < 4.78 is 0. The van der Waals surface area contributed by atoms with Crippen molar-refractivity contribution in [2.24, 2.45) is 21.8 Å². The van der Waals surface area contributed by atoms with Gasteiger partial charge in [0.15, 0.2) is 0 Å². The molecule has 1 aliphatic carbocycles. The topological polar surface area (TPSA) is 24.7 Å². The second kappa shape index (κ2) is 9.47. The SMILES string of the molecule is Cc1ccc(C=NCC2CCC(CN=Cc3ccc(C)cc3)CC2)cc1. The lowest BCUT2D eigenvalue weighted by molar-refractivity contribution is 0.286. The zero-order valence-corrected chi connectivity index (χ0v) is 16.1. The van der Waals surface area contributed by atoms with Crippen molar-refractivity contribution in [2.75, 3.05) is 13.1 Å². The fourth-order valence-electron chi connectivity index (χ4n) is 3.52. The third-order valence-corrected chi connectivity index (χ3v) is 5.33. The summed E-state index contributed by atoms with van der Waals surface area (Å²) in [6.45, 7) is 6.16. The van der Waals surface area contributed by atoms with Gasteiger partial charge in [-0.15, -0.1) is 0 Å². The Kier molecular flexibility index (Phi) is 6.76. The van der Waals surface area contributed by atoms with Gasteiger partial charge >= 0.3 is 0 Å². The summed E-state index contributed by atoms with van der Waals surface area (Å²) in [5.41, 5.74) is 5.00. The Morgan fingerprint density at radius 1 is 0.654 bits per heavy atom. The molecule has 136 valence electrons. The molecule has 0 amide bonds. The maximum Gasteiger partial charge on any atom is 0.0417 e. The summed E-state index contributed by atoms with van der Waals surface area (Å²) in [4.78, 5) is 9.35. The van der Waals surface area contributed by atoms with E-state index in [1.54, 1.807) is 0 Å². The van der Waals surface area contributed by atoms with E-state index in [2.05, 4.69) is 72.4 Å². The van der Waals surface area contributed by atoms with E-state index in [4.69, 9.17) is 0 Å². The standard InChI is InChI=1S/C24H30N2/c1-19-3-7-21(8-4-19)15-25-17-23-11-13-24(14-12-23)18-26-16-22-9-5-20(2)6-10-22/h3-10,15-16,23-24H,11-14,17-18H2,1-2H3. The van der Waals surface area contributed by atoms with Gasteiger partial charge in [0.2, 0.25) is 0 Å². The van der Waals surface area contributed by atoms with Crippen molar-refractivity contribution in [2.45, 2.75) is 39.5 Å². The van der Waals surface area contributed by atoms with Crippen LogP contribution < -0.4 is 0 Å². The number of benzene rings is 2. The van der Waals surface area contributed by atoms with E-state index < -0.39 is 0 Å². The Bertz CT molecular complexity index is 652. The Morgan fingerprint density at radius 2 is 1.00 bits per heavy atom. The number of hydrogen-bond acceptors (Lipinski definition) is 2. The first-order valence-electron chi connectivity index (χ1n) is 9.82. The highest BCUT2D eigenvalue weighted by Crippen LogP contribution is 2.29. The smallest absolute Gasteiger partial charge is 0.0417 e. The predicted octanol–water partition coefficient (Wildman–Crippen LogP) is 5.65. The molecule has 0 aromatic heterocycles. The van der Waals surface area contributed by atoms with Crippen LogP contribution in [0.1, 0.15) is 47.9 Å². The highest BCUT2D eigenvalue weighted by atomic mass is 14.7. The molecule has 0 unspecified atom stereocenters. The lowest BCUT2D eigenvalue weighted by Gasteiger charge is -2.26. The number of hydrogen-bond donors (Lipinski definition) is 0. The van der Waals surface area contributed by atoms with Crippen molar-refractivity contribution in [1.82, 2.24) is 0 Å². The number of nitrogens with zero attached hydrogens (tertiary/aromatic N) is 2. The van der Waals surface area contributed by atoms with E-state index in [1.165, 1.54) is 47.9 Å². The van der Waals surface area contributed by atoms with E-state index in [0.29, 0.717) is 0 Å². The van der Waals surface area contributed by atoms with Gasteiger partial charge in [-0.3, -0.25) is 9.98 Å². The maximum atomic E-state index is 4.67. The first-order chi connectivity index (χ1) is 12.7. The summed E-state index contributed by atoms with van der Waals surface area (Å²) in [5, 5.41) is 0. The van der Waals surface area contributed by atoms with Crippen LogP contribution in [0.25, 0.3) is 0 Å². The lowest BCUT2D eigenvalue weighted by atomic mass is 9.82. The molecule has 3 rings (SSSR count). The molecule has 0 N–H and O–H groups in total. The van der Waals surface area contributed by atoms with Crippen molar-refractivity contribution < 1.29 is 0 Å². The molecule has 2 aromatic rings. The van der Waals surface area contributed by atoms with Gasteiger partial charge in [-0.05, 0) is 62.5 Å². The van der Waals surface area contributed by atoms with Crippen LogP contribution in [0.4, 0.5) is 0 Å². The highest BCUT2D eigenvalue weighted by molar-refractivity contribution is 5.80. The van der Waals surface area contributed by atoms with Crippen LogP contribution >= 0.6 is 0 Å². The zero-order valence-electron chi connectivity index (χ0n) is 16.1. The minimum atomic E-state index is 0.744. The largest absolute Gasteiger partial charge is 0.292 e. The molecule has 0 radical (unpaired) electrons. The summed E-state index contributed by atoms with van der Waals surface area (Å²) in [6, 6.07) is 17.1. The third kappa shape index (κ3) is 5.94. The Morgan fingerprint density at radius 3 is 1.35 bits per heavy atom. The number of aryl methyl sites for hydroxylation is 2. The van der Waals surface area contributed by atoms with Crippen LogP contribution in [0.15, 0.2) is 58.5 Å². The third-order valence-electron chi connectivity index (χ3n) is 5.33. The Hall–Kier alpha value is -2.22. The van der Waals surface area contributed by atoms with Gasteiger partial charge in [-0.1, -0.05) is 59.7 Å². The van der Waals surface area contributed by atoms with E-state index in [0.717, 1.165) is 24.9 Å². The quantitative estimate of drug-likeness (QED) is 0.604. The number of rotatable bonds is 6. The Labute approximate surface area is 158 Å². The van der Waals surface area contributed by atoms with Crippen LogP contribution in [0.2, 0.25) is 0 Å². The molecule has 0 bridgehead atoms. The van der Waals surface area contributed by atoms with Gasteiger partial charge in [-0.2, -0.15) is 0 Å². The first-order valence-corrected chi connectivity index (χ1v) is 9.82. The van der Waals surface area contributed by atoms with Gasteiger partial charge in [0.05, 0.1) is 0 Å². The summed E-state index contributed by atoms with van der Waals surface area (Å²) >= 11 is 0. The predicted molar refractivity (Wildman–Crippen MR) is 113 cm³/mol. The van der Waals surface area contributed by atoms with Crippen molar-refractivity contribution >= 4 is 12.4 Å². The van der Waals surface area contributed by atoms with Crippen LogP contribution in [0.5, 0.6) is 0 Å². The molecule has 0 aliphatic heterocycles. The molecule has 2 aromatic carbocycles. The van der Waals surface area contributed by atoms with E-state index in [-0.39, 0.29) is 0 Å². The highest BCUT2D eigenvalue weighted by Gasteiger charge is 2.20. The van der Waals surface area contributed by atoms with Crippen molar-refractivity contribution in [3.05, 3.63) is 70.8 Å². The molecule has 0 atom stereocenters. The fraction of sp³-hybridized carbons (Fsp3) is 0.417. The summed E-state index contributed by atoms with van der Waals surface area (Å²) in [6.07, 6.45) is 9.20. The monoisotopic (exact) mass is 346 g/mol. The number of aliphatic imine (C=N–C) groups is 2. The second-order valence-electron chi connectivity index (χ2n) is 7.70. The van der Waals surface area contributed by atoms with Crippen LogP contribution in [-0.2, 0) is 0 Å². The minimum absolute atomic E-state index is 0.744. The molecule has 0 heterocycles. The molecule has 26 heavy (non-hydrogen) atoms. The molecule has 2 nitrogen and oxygen atoms in total. The van der Waals surface area contributed by atoms with Gasteiger partial charge < -0.3 is 0 Å². The molecular weight excluding hydrogens is 316 g/mol.